The van der Waals surface area contributed by atoms with Crippen LogP contribution in [0.3, 0.4) is 0 Å². The highest BCUT2D eigenvalue weighted by molar-refractivity contribution is 6.05. The molecule has 1 unspecified atom stereocenters. The molecule has 4 aliphatic rings. The zero-order chi connectivity index (χ0) is 46.8. The average molecular weight is 911 g/mol. The van der Waals surface area contributed by atoms with E-state index in [1.54, 1.807) is 13.8 Å². The van der Waals surface area contributed by atoms with E-state index in [1.807, 2.05) is 43.1 Å². The standard InChI is InChI=1S/C49H57F3N8O6/c1-25(2)39(57-46(63)65-5)44(61)59-24-48(19-8-20-48)22-37(59)42-53-23-35(55-42)33-15-14-29(31-9-7-10-32(31)33)27-11-13-30-28(21-27)12-16-34-41(30)56-43(54-34)36-17-18-38(49(50,51)52)60(36)45(62)40(26(3)4)58-47(64)66-6/h11-16,21,23,25-26,36-40H,7-10,17-20,22,24H2,1-6H3,(H,53,55)(H,54,56)(H,57,63)(H,58,64)/t36-,37-,38+,39?,40-/m0/s1. The summed E-state index contributed by atoms with van der Waals surface area (Å²) in [5, 5.41) is 6.92. The fraction of sp³-hybridized carbons (Fsp3) is 0.510. The summed E-state index contributed by atoms with van der Waals surface area (Å²) in [4.78, 5) is 71.9. The molecule has 0 bridgehead atoms. The number of nitrogens with one attached hydrogen (secondary N) is 4. The number of imidazole rings is 2. The molecule has 2 saturated heterocycles. The van der Waals surface area contributed by atoms with Crippen molar-refractivity contribution in [2.75, 3.05) is 20.8 Å². The van der Waals surface area contributed by atoms with Gasteiger partial charge in [0.05, 0.1) is 49.2 Å². The van der Waals surface area contributed by atoms with E-state index in [9.17, 15) is 32.3 Å². The van der Waals surface area contributed by atoms with Crippen LogP contribution in [0.25, 0.3) is 44.2 Å². The number of likely N-dealkylation sites (tertiary alicyclic amines) is 2. The number of methoxy groups -OCH3 is 2. The number of amides is 4. The summed E-state index contributed by atoms with van der Waals surface area (Å²) in [7, 11) is 2.43. The lowest BCUT2D eigenvalue weighted by atomic mass is 9.67. The van der Waals surface area contributed by atoms with Crippen LogP contribution in [0.15, 0.2) is 48.7 Å². The number of alkyl halides is 3. The number of benzene rings is 3. The largest absolute Gasteiger partial charge is 0.453 e. The normalized spacial score (nSPS) is 21.1. The summed E-state index contributed by atoms with van der Waals surface area (Å²) in [5.41, 5.74) is 7.90. The molecule has 2 aliphatic heterocycles. The Morgan fingerprint density at radius 2 is 1.47 bits per heavy atom. The molecule has 14 nitrogen and oxygen atoms in total. The van der Waals surface area contributed by atoms with Gasteiger partial charge in [0, 0.05) is 17.5 Å². The number of rotatable bonds is 10. The van der Waals surface area contributed by atoms with E-state index >= 15 is 0 Å². The van der Waals surface area contributed by atoms with Gasteiger partial charge in [-0.2, -0.15) is 13.2 Å². The molecule has 0 radical (unpaired) electrons. The number of carbonyl (C=O) groups is 4. The first-order valence-corrected chi connectivity index (χ1v) is 23.0. The van der Waals surface area contributed by atoms with E-state index < -0.39 is 54.4 Å². The Kier molecular flexibility index (Phi) is 11.8. The van der Waals surface area contributed by atoms with Crippen LogP contribution in [0, 0.1) is 17.3 Å². The molecule has 4 amide bonds. The van der Waals surface area contributed by atoms with Gasteiger partial charge in [0.15, 0.2) is 0 Å². The second-order valence-corrected chi connectivity index (χ2v) is 19.3. The second kappa shape index (κ2) is 17.3. The van der Waals surface area contributed by atoms with E-state index in [-0.39, 0.29) is 41.9 Å². The lowest BCUT2D eigenvalue weighted by Gasteiger charge is -2.38. The molecular weight excluding hydrogens is 854 g/mol. The predicted octanol–water partition coefficient (Wildman–Crippen LogP) is 9.06. The van der Waals surface area contributed by atoms with Gasteiger partial charge < -0.3 is 39.9 Å². The van der Waals surface area contributed by atoms with Crippen LogP contribution < -0.4 is 10.6 Å². The van der Waals surface area contributed by atoms with Gasteiger partial charge in [0.25, 0.3) is 0 Å². The number of ether oxygens (including phenoxy) is 2. The molecule has 3 fully saturated rings. The molecule has 2 aromatic heterocycles. The molecule has 9 rings (SSSR count). The van der Waals surface area contributed by atoms with Crippen LogP contribution in [-0.4, -0.2) is 98.8 Å². The number of alkyl carbamates (subject to hydrolysis) is 2. The average Bonchev–Trinajstić information content (AvgIpc) is 4.13. The molecule has 4 heterocycles. The van der Waals surface area contributed by atoms with Crippen molar-refractivity contribution in [2.24, 2.45) is 17.3 Å². The number of aromatic amines is 2. The fourth-order valence-corrected chi connectivity index (χ4v) is 11.0. The van der Waals surface area contributed by atoms with Crippen LogP contribution in [0.4, 0.5) is 22.8 Å². The first-order chi connectivity index (χ1) is 31.5. The monoisotopic (exact) mass is 910 g/mol. The van der Waals surface area contributed by atoms with Crippen molar-refractivity contribution in [3.63, 3.8) is 0 Å². The molecule has 66 heavy (non-hydrogen) atoms. The molecule has 3 aromatic carbocycles. The summed E-state index contributed by atoms with van der Waals surface area (Å²) in [5.74, 6) is -0.634. The highest BCUT2D eigenvalue weighted by Crippen LogP contribution is 2.54. The number of fused-ring (bicyclic) bond motifs is 4. The SMILES string of the molecule is COC(=O)NC(C(=O)N1CC2(CCC2)C[C@H]1c1ncc(-c2ccc(-c3ccc4c(ccc5[nH]c([C@@H]6CC[C@H](C(F)(F)F)N6C(=O)[C@@H](NC(=O)OC)C(C)C)nc54)c3)c3c2CCC3)[nH]1)C(C)C. The Bertz CT molecular complexity index is 2710. The van der Waals surface area contributed by atoms with Crippen LogP contribution in [0.5, 0.6) is 0 Å². The zero-order valence-electron chi connectivity index (χ0n) is 38.1. The Labute approximate surface area is 380 Å². The van der Waals surface area contributed by atoms with Crippen LogP contribution >= 0.6 is 0 Å². The number of nitrogens with zero attached hydrogens (tertiary/aromatic N) is 4. The minimum Gasteiger partial charge on any atom is -0.453 e. The minimum atomic E-state index is -4.69. The van der Waals surface area contributed by atoms with Crippen molar-refractivity contribution < 1.29 is 41.8 Å². The molecule has 2 aliphatic carbocycles. The maximum atomic E-state index is 14.5. The summed E-state index contributed by atoms with van der Waals surface area (Å²) < 4.78 is 53.0. The summed E-state index contributed by atoms with van der Waals surface area (Å²) >= 11 is 0. The molecular formula is C49H57F3N8O6. The number of hydrogen-bond acceptors (Lipinski definition) is 8. The van der Waals surface area contributed by atoms with Crippen molar-refractivity contribution in [3.8, 4) is 22.4 Å². The van der Waals surface area contributed by atoms with Gasteiger partial charge in [-0.3, -0.25) is 9.59 Å². The molecule has 1 spiro atoms. The van der Waals surface area contributed by atoms with Gasteiger partial charge in [-0.05, 0) is 108 Å². The lowest BCUT2D eigenvalue weighted by molar-refractivity contribution is -0.187. The van der Waals surface area contributed by atoms with Crippen molar-refractivity contribution in [1.29, 1.82) is 0 Å². The van der Waals surface area contributed by atoms with Crippen LogP contribution in [-0.2, 0) is 31.9 Å². The Morgan fingerprint density at radius 3 is 2.11 bits per heavy atom. The summed E-state index contributed by atoms with van der Waals surface area (Å²) in [6, 6.07) is 9.03. The van der Waals surface area contributed by atoms with Gasteiger partial charge in [-0.25, -0.2) is 19.6 Å². The van der Waals surface area contributed by atoms with Crippen molar-refractivity contribution in [3.05, 3.63) is 71.4 Å². The summed E-state index contributed by atoms with van der Waals surface area (Å²) in [6.45, 7) is 7.77. The quantitative estimate of drug-likeness (QED) is 0.107. The first-order valence-electron chi connectivity index (χ1n) is 23.0. The van der Waals surface area contributed by atoms with Crippen LogP contribution in [0.1, 0.15) is 108 Å². The van der Waals surface area contributed by atoms with Crippen molar-refractivity contribution in [1.82, 2.24) is 40.4 Å². The number of H-pyrrole nitrogens is 2. The fourth-order valence-electron chi connectivity index (χ4n) is 11.0. The van der Waals surface area contributed by atoms with Gasteiger partial charge in [0.2, 0.25) is 11.8 Å². The van der Waals surface area contributed by atoms with E-state index in [0.29, 0.717) is 17.6 Å². The zero-order valence-corrected chi connectivity index (χ0v) is 38.1. The molecule has 17 heteroatoms. The third-order valence-electron chi connectivity index (χ3n) is 14.6. The van der Waals surface area contributed by atoms with Gasteiger partial charge >= 0.3 is 18.4 Å². The molecule has 5 atom stereocenters. The summed E-state index contributed by atoms with van der Waals surface area (Å²) in [6.07, 6.45) is 2.23. The topological polar surface area (TPSA) is 175 Å². The van der Waals surface area contributed by atoms with E-state index in [1.165, 1.54) is 18.2 Å². The Morgan fingerprint density at radius 1 is 0.803 bits per heavy atom. The minimum absolute atomic E-state index is 0.0378. The third-order valence-corrected chi connectivity index (χ3v) is 14.6. The molecule has 350 valence electrons. The maximum absolute atomic E-state index is 14.5. The van der Waals surface area contributed by atoms with Gasteiger partial charge in [-0.15, -0.1) is 0 Å². The molecule has 1 saturated carbocycles. The van der Waals surface area contributed by atoms with Crippen LogP contribution in [0.2, 0.25) is 0 Å². The molecule has 5 aromatic rings. The number of carbonyl (C=O) groups excluding carboxylic acids is 4. The van der Waals surface area contributed by atoms with Crippen molar-refractivity contribution in [2.45, 2.75) is 122 Å². The highest BCUT2D eigenvalue weighted by atomic mass is 19.4. The Balaban J connectivity index is 0.998. The lowest BCUT2D eigenvalue weighted by Crippen LogP contribution is -2.55. The first kappa shape index (κ1) is 45.0. The van der Waals surface area contributed by atoms with Crippen molar-refractivity contribution >= 4 is 45.8 Å². The van der Waals surface area contributed by atoms with Gasteiger partial charge in [0.1, 0.15) is 29.8 Å². The Hall–Kier alpha value is -6.13. The van der Waals surface area contributed by atoms with Gasteiger partial charge in [-0.1, -0.05) is 64.4 Å². The maximum Gasteiger partial charge on any atom is 0.408 e. The van der Waals surface area contributed by atoms with E-state index in [4.69, 9.17) is 14.7 Å². The smallest absolute Gasteiger partial charge is 0.408 e. The number of aromatic nitrogens is 4. The highest BCUT2D eigenvalue weighted by Gasteiger charge is 2.54. The van der Waals surface area contributed by atoms with E-state index in [0.717, 1.165) is 95.9 Å². The number of hydrogen-bond donors (Lipinski definition) is 4. The second-order valence-electron chi connectivity index (χ2n) is 19.3. The number of halogens is 3. The molecule has 4 N–H and O–H groups in total. The predicted molar refractivity (Wildman–Crippen MR) is 241 cm³/mol. The van der Waals surface area contributed by atoms with E-state index in [2.05, 4.69) is 49.6 Å². The third kappa shape index (κ3) is 8.01.